The van der Waals surface area contributed by atoms with Gasteiger partial charge in [-0.1, -0.05) is 0 Å². The van der Waals surface area contributed by atoms with Crippen LogP contribution in [0.25, 0.3) is 0 Å². The van der Waals surface area contributed by atoms with Crippen LogP contribution in [0.2, 0.25) is 0 Å². The number of nitrogens with one attached hydrogen (secondary N) is 1. The van der Waals surface area contributed by atoms with Gasteiger partial charge in [0.2, 0.25) is 0 Å². The van der Waals surface area contributed by atoms with Gasteiger partial charge in [-0.15, -0.1) is 0 Å². The van der Waals surface area contributed by atoms with Gasteiger partial charge >= 0.3 is 6.18 Å². The third kappa shape index (κ3) is 3.35. The number of piperidine rings is 1. The minimum absolute atomic E-state index is 0.239. The molecule has 2 saturated heterocycles. The summed E-state index contributed by atoms with van der Waals surface area (Å²) in [5.41, 5.74) is 0. The fraction of sp³-hybridized carbons (Fsp3) is 1.00. The average molecular weight is 236 g/mol. The van der Waals surface area contributed by atoms with Crippen LogP contribution in [-0.4, -0.2) is 43.3 Å². The smallest absolute Gasteiger partial charge is 0.312 e. The van der Waals surface area contributed by atoms with Gasteiger partial charge in [0, 0.05) is 25.6 Å². The van der Waals surface area contributed by atoms with Crippen LogP contribution >= 0.6 is 0 Å². The van der Waals surface area contributed by atoms with Crippen molar-refractivity contribution in [2.45, 2.75) is 37.9 Å². The van der Waals surface area contributed by atoms with Crippen molar-refractivity contribution in [3.63, 3.8) is 0 Å². The van der Waals surface area contributed by atoms with E-state index < -0.39 is 12.6 Å². The molecule has 0 radical (unpaired) electrons. The number of nitrogens with zero attached hydrogens (tertiary/aromatic N) is 1. The zero-order valence-electron chi connectivity index (χ0n) is 9.39. The second-order valence-corrected chi connectivity index (χ2v) is 4.94. The number of hydrogen-bond donors (Lipinski definition) is 1. The monoisotopic (exact) mass is 236 g/mol. The molecule has 0 aromatic rings. The first-order valence-electron chi connectivity index (χ1n) is 6.07. The lowest BCUT2D eigenvalue weighted by Gasteiger charge is -2.24. The molecule has 0 spiro atoms. The fourth-order valence-corrected chi connectivity index (χ4v) is 2.82. The van der Waals surface area contributed by atoms with Crippen molar-refractivity contribution in [2.24, 2.45) is 5.92 Å². The molecule has 2 atom stereocenters. The van der Waals surface area contributed by atoms with Crippen molar-refractivity contribution in [3.8, 4) is 0 Å². The van der Waals surface area contributed by atoms with Crippen molar-refractivity contribution < 1.29 is 13.2 Å². The van der Waals surface area contributed by atoms with E-state index in [1.807, 2.05) is 0 Å². The quantitative estimate of drug-likeness (QED) is 0.806. The van der Waals surface area contributed by atoms with Gasteiger partial charge in [-0.3, -0.25) is 0 Å². The molecule has 0 saturated carbocycles. The van der Waals surface area contributed by atoms with E-state index in [4.69, 9.17) is 0 Å². The van der Waals surface area contributed by atoms with Crippen molar-refractivity contribution >= 4 is 0 Å². The van der Waals surface area contributed by atoms with Crippen LogP contribution in [0.15, 0.2) is 0 Å². The molecular weight excluding hydrogens is 217 g/mol. The molecule has 0 bridgehead atoms. The van der Waals surface area contributed by atoms with Gasteiger partial charge in [-0.05, 0) is 38.3 Å². The summed E-state index contributed by atoms with van der Waals surface area (Å²) in [6, 6.07) is 0.527. The Labute approximate surface area is 94.2 Å². The molecule has 0 aromatic heterocycles. The van der Waals surface area contributed by atoms with Gasteiger partial charge in [-0.25, -0.2) is 0 Å². The Morgan fingerprint density at radius 2 is 2.06 bits per heavy atom. The van der Waals surface area contributed by atoms with Gasteiger partial charge in [0.25, 0.3) is 0 Å². The van der Waals surface area contributed by atoms with Crippen LogP contribution < -0.4 is 5.32 Å². The number of halogens is 3. The summed E-state index contributed by atoms with van der Waals surface area (Å²) < 4.78 is 36.0. The highest BCUT2D eigenvalue weighted by molar-refractivity contribution is 4.91. The first-order valence-corrected chi connectivity index (χ1v) is 6.07. The van der Waals surface area contributed by atoms with Crippen LogP contribution in [0.1, 0.15) is 25.7 Å². The summed E-state index contributed by atoms with van der Waals surface area (Å²) in [4.78, 5) is 2.18. The standard InChI is InChI=1S/C11H19F3N2/c12-11(13,14)4-2-6-16-7-9-3-1-5-15-10(9)8-16/h9-10,15H,1-8H2/t9-,10+/m0/s1. The topological polar surface area (TPSA) is 15.3 Å². The maximum atomic E-state index is 12.0. The lowest BCUT2D eigenvalue weighted by molar-refractivity contribution is -0.136. The molecule has 2 aliphatic rings. The van der Waals surface area contributed by atoms with Crippen LogP contribution in [-0.2, 0) is 0 Å². The van der Waals surface area contributed by atoms with E-state index in [1.54, 1.807) is 0 Å². The van der Waals surface area contributed by atoms with Crippen LogP contribution in [0, 0.1) is 5.92 Å². The Morgan fingerprint density at radius 3 is 2.75 bits per heavy atom. The second-order valence-electron chi connectivity index (χ2n) is 4.94. The fourth-order valence-electron chi connectivity index (χ4n) is 2.82. The van der Waals surface area contributed by atoms with E-state index >= 15 is 0 Å². The molecule has 2 fully saturated rings. The SMILES string of the molecule is FC(F)(F)CCCN1C[C@@H]2CCCN[C@@H]2C1. The maximum Gasteiger partial charge on any atom is 0.389 e. The van der Waals surface area contributed by atoms with E-state index in [0.29, 0.717) is 18.5 Å². The Kier molecular flexibility index (Phi) is 3.74. The normalized spacial score (nSPS) is 31.7. The molecule has 0 unspecified atom stereocenters. The lowest BCUT2D eigenvalue weighted by Crippen LogP contribution is -2.40. The Hall–Kier alpha value is -0.290. The molecular formula is C11H19F3N2. The van der Waals surface area contributed by atoms with E-state index in [1.165, 1.54) is 12.8 Å². The van der Waals surface area contributed by atoms with Gasteiger partial charge in [0.15, 0.2) is 0 Å². The molecule has 2 rings (SSSR count). The largest absolute Gasteiger partial charge is 0.389 e. The summed E-state index contributed by atoms with van der Waals surface area (Å²) in [6.07, 6.45) is -1.97. The Balaban J connectivity index is 1.68. The van der Waals surface area contributed by atoms with Crippen molar-refractivity contribution in [3.05, 3.63) is 0 Å². The van der Waals surface area contributed by atoms with Gasteiger partial charge in [-0.2, -0.15) is 13.2 Å². The summed E-state index contributed by atoms with van der Waals surface area (Å²) >= 11 is 0. The van der Waals surface area contributed by atoms with Crippen LogP contribution in [0.4, 0.5) is 13.2 Å². The summed E-state index contributed by atoms with van der Waals surface area (Å²) in [5.74, 6) is 0.666. The van der Waals surface area contributed by atoms with E-state index in [2.05, 4.69) is 10.2 Å². The Morgan fingerprint density at radius 1 is 1.25 bits per heavy atom. The van der Waals surface area contributed by atoms with Crippen LogP contribution in [0.3, 0.4) is 0 Å². The molecule has 2 aliphatic heterocycles. The number of likely N-dealkylation sites (tertiary alicyclic amines) is 1. The van der Waals surface area contributed by atoms with Crippen LogP contribution in [0.5, 0.6) is 0 Å². The number of hydrogen-bond acceptors (Lipinski definition) is 2. The number of alkyl halides is 3. The molecule has 0 aliphatic carbocycles. The summed E-state index contributed by atoms with van der Waals surface area (Å²) in [5, 5.41) is 3.45. The molecule has 1 N–H and O–H groups in total. The molecule has 2 heterocycles. The Bertz CT molecular complexity index is 216. The zero-order valence-corrected chi connectivity index (χ0v) is 9.39. The molecule has 0 amide bonds. The molecule has 5 heteroatoms. The van der Waals surface area contributed by atoms with E-state index in [-0.39, 0.29) is 6.42 Å². The van der Waals surface area contributed by atoms with Gasteiger partial charge < -0.3 is 10.2 Å². The van der Waals surface area contributed by atoms with Crippen molar-refractivity contribution in [1.29, 1.82) is 0 Å². The highest BCUT2D eigenvalue weighted by Gasteiger charge is 2.34. The second kappa shape index (κ2) is 4.92. The summed E-state index contributed by atoms with van der Waals surface area (Å²) in [7, 11) is 0. The van der Waals surface area contributed by atoms with E-state index in [0.717, 1.165) is 19.6 Å². The van der Waals surface area contributed by atoms with Gasteiger partial charge in [0.05, 0.1) is 0 Å². The lowest BCUT2D eigenvalue weighted by atomic mass is 9.94. The van der Waals surface area contributed by atoms with Gasteiger partial charge in [0.1, 0.15) is 0 Å². The predicted octanol–water partition coefficient (Wildman–Crippen LogP) is 2.01. The molecule has 0 aromatic carbocycles. The molecule has 94 valence electrons. The average Bonchev–Trinajstić information content (AvgIpc) is 2.57. The highest BCUT2D eigenvalue weighted by Crippen LogP contribution is 2.26. The minimum Gasteiger partial charge on any atom is -0.312 e. The van der Waals surface area contributed by atoms with Crippen molar-refractivity contribution in [2.75, 3.05) is 26.2 Å². The third-order valence-electron chi connectivity index (χ3n) is 3.61. The molecule has 16 heavy (non-hydrogen) atoms. The highest BCUT2D eigenvalue weighted by atomic mass is 19.4. The zero-order chi connectivity index (χ0) is 11.6. The minimum atomic E-state index is -4.00. The number of rotatable bonds is 3. The maximum absolute atomic E-state index is 12.0. The number of fused-ring (bicyclic) bond motifs is 1. The summed E-state index contributed by atoms with van der Waals surface area (Å²) in [6.45, 7) is 3.57. The predicted molar refractivity (Wildman–Crippen MR) is 56.2 cm³/mol. The third-order valence-corrected chi connectivity index (χ3v) is 3.61. The molecule has 2 nitrogen and oxygen atoms in total. The van der Waals surface area contributed by atoms with Crippen molar-refractivity contribution in [1.82, 2.24) is 10.2 Å². The first kappa shape index (κ1) is 12.2. The van der Waals surface area contributed by atoms with E-state index in [9.17, 15) is 13.2 Å². The first-order chi connectivity index (χ1) is 7.54.